The Morgan fingerprint density at radius 3 is 2.64 bits per heavy atom. The summed E-state index contributed by atoms with van der Waals surface area (Å²) in [4.78, 5) is 0.160. The summed E-state index contributed by atoms with van der Waals surface area (Å²) < 4.78 is 33.4. The van der Waals surface area contributed by atoms with E-state index in [9.17, 15) is 8.42 Å². The summed E-state index contributed by atoms with van der Waals surface area (Å²) in [5.74, 6) is 0.336. The molecule has 0 saturated carbocycles. The minimum Gasteiger partial charge on any atom is -0.495 e. The van der Waals surface area contributed by atoms with E-state index in [2.05, 4.69) is 15.9 Å². The Balaban J connectivity index is 2.30. The van der Waals surface area contributed by atoms with Gasteiger partial charge in [0.15, 0.2) is 0 Å². The first-order valence-corrected chi connectivity index (χ1v) is 8.84. The molecule has 0 atom stereocenters. The van der Waals surface area contributed by atoms with Gasteiger partial charge in [0.25, 0.3) is 10.0 Å². The summed E-state index contributed by atoms with van der Waals surface area (Å²) in [6.07, 6.45) is 1.56. The molecule has 114 valence electrons. The van der Waals surface area contributed by atoms with Gasteiger partial charge in [0.2, 0.25) is 0 Å². The van der Waals surface area contributed by atoms with Crippen LogP contribution in [0.25, 0.3) is 10.9 Å². The van der Waals surface area contributed by atoms with Crippen molar-refractivity contribution in [3.05, 3.63) is 58.7 Å². The van der Waals surface area contributed by atoms with E-state index in [1.165, 1.54) is 11.1 Å². The number of fused-ring (bicyclic) bond motifs is 1. The van der Waals surface area contributed by atoms with Crippen molar-refractivity contribution in [2.45, 2.75) is 11.8 Å². The summed E-state index contributed by atoms with van der Waals surface area (Å²) in [5.41, 5.74) is 1.48. The molecule has 0 N–H and O–H groups in total. The van der Waals surface area contributed by atoms with Crippen LogP contribution in [0.3, 0.4) is 0 Å². The van der Waals surface area contributed by atoms with Crippen LogP contribution in [0.2, 0.25) is 0 Å². The van der Waals surface area contributed by atoms with E-state index in [0.29, 0.717) is 11.3 Å². The van der Waals surface area contributed by atoms with Crippen LogP contribution in [0.1, 0.15) is 5.56 Å². The predicted molar refractivity (Wildman–Crippen MR) is 90.0 cm³/mol. The molecule has 0 saturated heterocycles. The number of nitrogens with zero attached hydrogens (tertiary/aromatic N) is 1. The maximum absolute atomic E-state index is 13.0. The van der Waals surface area contributed by atoms with Gasteiger partial charge in [-0.2, -0.15) is 0 Å². The minimum absolute atomic E-state index is 0.160. The van der Waals surface area contributed by atoms with Crippen LogP contribution in [0.4, 0.5) is 0 Å². The fourth-order valence-corrected chi connectivity index (χ4v) is 4.49. The van der Waals surface area contributed by atoms with E-state index in [1.54, 1.807) is 30.5 Å². The highest BCUT2D eigenvalue weighted by atomic mass is 79.9. The van der Waals surface area contributed by atoms with Crippen LogP contribution in [0, 0.1) is 6.92 Å². The van der Waals surface area contributed by atoms with E-state index in [1.807, 2.05) is 25.1 Å². The monoisotopic (exact) mass is 379 g/mol. The normalized spacial score (nSPS) is 11.8. The van der Waals surface area contributed by atoms with Crippen LogP contribution in [0.15, 0.2) is 58.0 Å². The second kappa shape index (κ2) is 5.44. The number of aromatic nitrogens is 1. The van der Waals surface area contributed by atoms with Crippen LogP contribution in [-0.2, 0) is 10.0 Å². The van der Waals surface area contributed by atoms with Crippen molar-refractivity contribution in [3.63, 3.8) is 0 Å². The molecular formula is C16H14BrNO3S. The molecule has 22 heavy (non-hydrogen) atoms. The van der Waals surface area contributed by atoms with Gasteiger partial charge in [-0.1, -0.05) is 28.1 Å². The number of ether oxygens (including phenoxy) is 1. The molecule has 4 nitrogen and oxygen atoms in total. The third-order valence-electron chi connectivity index (χ3n) is 3.50. The number of hydrogen-bond donors (Lipinski definition) is 0. The quantitative estimate of drug-likeness (QED) is 0.691. The Kier molecular flexibility index (Phi) is 3.74. The van der Waals surface area contributed by atoms with Gasteiger partial charge in [0.1, 0.15) is 10.6 Å². The molecule has 3 aromatic rings. The molecule has 0 aliphatic rings. The molecule has 0 fully saturated rings. The first-order valence-electron chi connectivity index (χ1n) is 6.61. The van der Waals surface area contributed by atoms with Gasteiger partial charge >= 0.3 is 0 Å². The standard InChI is InChI=1S/C16H14BrNO3S/c1-11-6-7-15(21-2)16(10-11)22(19,20)18-9-8-12-13(17)4-3-5-14(12)18/h3-10H,1-2H3. The first kappa shape index (κ1) is 15.1. The predicted octanol–water partition coefficient (Wildman–Crippen LogP) is 3.96. The molecule has 6 heteroatoms. The number of benzene rings is 2. The molecule has 0 unspecified atom stereocenters. The van der Waals surface area contributed by atoms with Crippen molar-refractivity contribution in [1.29, 1.82) is 0 Å². The van der Waals surface area contributed by atoms with E-state index in [-0.39, 0.29) is 4.90 Å². The van der Waals surface area contributed by atoms with Crippen molar-refractivity contribution in [1.82, 2.24) is 3.97 Å². The molecule has 2 aromatic carbocycles. The van der Waals surface area contributed by atoms with E-state index in [4.69, 9.17) is 4.74 Å². The molecule has 3 rings (SSSR count). The van der Waals surface area contributed by atoms with Gasteiger partial charge in [-0.3, -0.25) is 0 Å². The number of methoxy groups -OCH3 is 1. The fraction of sp³-hybridized carbons (Fsp3) is 0.125. The smallest absolute Gasteiger partial charge is 0.271 e. The van der Waals surface area contributed by atoms with Crippen LogP contribution >= 0.6 is 15.9 Å². The summed E-state index contributed by atoms with van der Waals surface area (Å²) >= 11 is 3.44. The van der Waals surface area contributed by atoms with Crippen LogP contribution in [-0.4, -0.2) is 19.5 Å². The Morgan fingerprint density at radius 1 is 1.14 bits per heavy atom. The Labute approximate surface area is 137 Å². The number of hydrogen-bond acceptors (Lipinski definition) is 3. The van der Waals surface area contributed by atoms with E-state index >= 15 is 0 Å². The highest BCUT2D eigenvalue weighted by Crippen LogP contribution is 2.31. The lowest BCUT2D eigenvalue weighted by molar-refractivity contribution is 0.402. The summed E-state index contributed by atoms with van der Waals surface area (Å²) in [6.45, 7) is 1.85. The topological polar surface area (TPSA) is 48.3 Å². The van der Waals surface area contributed by atoms with Gasteiger partial charge < -0.3 is 4.74 Å². The zero-order valence-corrected chi connectivity index (χ0v) is 14.5. The van der Waals surface area contributed by atoms with Gasteiger partial charge in [-0.15, -0.1) is 0 Å². The average Bonchev–Trinajstić information content (AvgIpc) is 2.93. The molecule has 0 aliphatic heterocycles. The Bertz CT molecular complexity index is 961. The first-order chi connectivity index (χ1) is 10.4. The molecule has 1 heterocycles. The zero-order chi connectivity index (χ0) is 15.9. The van der Waals surface area contributed by atoms with Crippen molar-refractivity contribution < 1.29 is 13.2 Å². The van der Waals surface area contributed by atoms with Crippen molar-refractivity contribution in [2.24, 2.45) is 0 Å². The molecule has 0 amide bonds. The molecule has 0 radical (unpaired) electrons. The molecule has 0 spiro atoms. The lowest BCUT2D eigenvalue weighted by Crippen LogP contribution is -2.13. The van der Waals surface area contributed by atoms with Crippen molar-refractivity contribution >= 4 is 36.9 Å². The zero-order valence-electron chi connectivity index (χ0n) is 12.1. The Morgan fingerprint density at radius 2 is 1.91 bits per heavy atom. The summed E-state index contributed by atoms with van der Waals surface area (Å²) in [5, 5.41) is 0.845. The third kappa shape index (κ3) is 2.32. The maximum Gasteiger partial charge on any atom is 0.271 e. The van der Waals surface area contributed by atoms with E-state index in [0.717, 1.165) is 15.4 Å². The van der Waals surface area contributed by atoms with Gasteiger partial charge in [-0.05, 0) is 42.8 Å². The maximum atomic E-state index is 13.0. The van der Waals surface area contributed by atoms with Gasteiger partial charge in [0, 0.05) is 16.1 Å². The molecule has 0 aliphatic carbocycles. The molecule has 1 aromatic heterocycles. The highest BCUT2D eigenvalue weighted by molar-refractivity contribution is 9.10. The average molecular weight is 380 g/mol. The lowest BCUT2D eigenvalue weighted by atomic mass is 10.2. The van der Waals surface area contributed by atoms with Crippen LogP contribution < -0.4 is 4.74 Å². The molecule has 0 bridgehead atoms. The summed E-state index contributed by atoms with van der Waals surface area (Å²) in [7, 11) is -2.27. The van der Waals surface area contributed by atoms with E-state index < -0.39 is 10.0 Å². The van der Waals surface area contributed by atoms with Crippen molar-refractivity contribution in [3.8, 4) is 5.75 Å². The SMILES string of the molecule is COc1ccc(C)cc1S(=O)(=O)n1ccc2c(Br)cccc21. The van der Waals surface area contributed by atoms with Gasteiger partial charge in [0.05, 0.1) is 12.6 Å². The second-order valence-electron chi connectivity index (χ2n) is 4.94. The number of rotatable bonds is 3. The second-order valence-corrected chi connectivity index (χ2v) is 7.58. The van der Waals surface area contributed by atoms with Crippen LogP contribution in [0.5, 0.6) is 5.75 Å². The number of halogens is 1. The van der Waals surface area contributed by atoms with Crippen molar-refractivity contribution in [2.75, 3.05) is 7.11 Å². The van der Waals surface area contributed by atoms with Gasteiger partial charge in [-0.25, -0.2) is 12.4 Å². The Hall–Kier alpha value is -1.79. The third-order valence-corrected chi connectivity index (χ3v) is 5.90. The minimum atomic E-state index is -3.73. The highest BCUT2D eigenvalue weighted by Gasteiger charge is 2.23. The lowest BCUT2D eigenvalue weighted by Gasteiger charge is -2.12. The number of aryl methyl sites for hydroxylation is 1. The summed E-state index contributed by atoms with van der Waals surface area (Å²) in [6, 6.07) is 12.4. The fourth-order valence-electron chi connectivity index (χ4n) is 2.41. The molecular weight excluding hydrogens is 366 g/mol. The largest absolute Gasteiger partial charge is 0.495 e.